The Hall–Kier alpha value is -0.900. The van der Waals surface area contributed by atoms with Gasteiger partial charge >= 0.3 is 5.97 Å². The normalized spacial score (nSPS) is 15.3. The Bertz CT molecular complexity index is 167. The van der Waals surface area contributed by atoms with Gasteiger partial charge in [0.2, 0.25) is 0 Å². The Morgan fingerprint density at radius 3 is 2.09 bits per heavy atom. The third-order valence-corrected chi connectivity index (χ3v) is 1.44. The highest BCUT2D eigenvalue weighted by molar-refractivity contribution is 5.80. The number of ether oxygens (including phenoxy) is 1. The van der Waals surface area contributed by atoms with Crippen molar-refractivity contribution in [2.24, 2.45) is 0 Å². The van der Waals surface area contributed by atoms with E-state index < -0.39 is 12.1 Å². The van der Waals surface area contributed by atoms with Gasteiger partial charge in [0.15, 0.2) is 17.9 Å². The molecule has 0 aromatic heterocycles. The topological polar surface area (TPSA) is 71.0 Å². The first-order chi connectivity index (χ1) is 4.95. The molecule has 4 heteroatoms. The van der Waals surface area contributed by atoms with Crippen LogP contribution in [-0.4, -0.2) is 23.9 Å². The molecule has 0 spiro atoms. The number of esters is 1. The summed E-state index contributed by atoms with van der Waals surface area (Å²) in [4.78, 5) is 21.1. The van der Waals surface area contributed by atoms with E-state index >= 15 is 0 Å². The lowest BCUT2D eigenvalue weighted by atomic mass is 10.1. The van der Waals surface area contributed by atoms with Crippen molar-refractivity contribution >= 4 is 11.8 Å². The van der Waals surface area contributed by atoms with Gasteiger partial charge in [-0.25, -0.2) is 0 Å². The van der Waals surface area contributed by atoms with Crippen molar-refractivity contribution in [3.05, 3.63) is 0 Å². The number of hydrogen-bond donors (Lipinski definition) is 1. The van der Waals surface area contributed by atoms with E-state index in [0.29, 0.717) is 0 Å². The molecule has 0 amide bonds. The highest BCUT2D eigenvalue weighted by Crippen LogP contribution is 1.95. The molecular weight excluding hydrogens is 146 g/mol. The second-order valence-electron chi connectivity index (χ2n) is 2.53. The van der Waals surface area contributed by atoms with Gasteiger partial charge < -0.3 is 10.5 Å². The van der Waals surface area contributed by atoms with Gasteiger partial charge in [-0.3, -0.25) is 9.59 Å². The van der Waals surface area contributed by atoms with Crippen molar-refractivity contribution in [2.45, 2.75) is 32.9 Å². The molecule has 0 aliphatic heterocycles. The standard InChI is InChI=1S/C7H13NO3/c1-4(9)7(8)5(2)11-6(3)10/h5,7H,8H2,1-3H3/p+1. The maximum atomic E-state index is 10.7. The number of quaternary nitrogens is 1. The van der Waals surface area contributed by atoms with E-state index in [1.54, 1.807) is 6.92 Å². The van der Waals surface area contributed by atoms with Gasteiger partial charge in [-0.1, -0.05) is 0 Å². The lowest BCUT2D eigenvalue weighted by Gasteiger charge is -2.13. The van der Waals surface area contributed by atoms with E-state index in [0.717, 1.165) is 0 Å². The molecule has 0 heterocycles. The predicted octanol–water partition coefficient (Wildman–Crippen LogP) is -0.862. The van der Waals surface area contributed by atoms with Crippen LogP contribution in [0.4, 0.5) is 0 Å². The van der Waals surface area contributed by atoms with Gasteiger partial charge in [0.1, 0.15) is 0 Å². The molecule has 0 saturated heterocycles. The summed E-state index contributed by atoms with van der Waals surface area (Å²) in [6.45, 7) is 4.39. The van der Waals surface area contributed by atoms with Crippen LogP contribution < -0.4 is 5.73 Å². The summed E-state index contributed by atoms with van der Waals surface area (Å²) in [5.41, 5.74) is 3.56. The molecule has 0 radical (unpaired) electrons. The molecule has 4 nitrogen and oxygen atoms in total. The Labute approximate surface area is 65.7 Å². The second kappa shape index (κ2) is 4.08. The highest BCUT2D eigenvalue weighted by atomic mass is 16.5. The number of ketones is 1. The molecule has 0 aliphatic rings. The summed E-state index contributed by atoms with van der Waals surface area (Å²) >= 11 is 0. The van der Waals surface area contributed by atoms with Crippen LogP contribution >= 0.6 is 0 Å². The van der Waals surface area contributed by atoms with Crippen LogP contribution in [0, 0.1) is 0 Å². The van der Waals surface area contributed by atoms with Crippen LogP contribution in [0.15, 0.2) is 0 Å². The molecule has 0 saturated carbocycles. The predicted molar refractivity (Wildman–Crippen MR) is 38.6 cm³/mol. The molecule has 0 aromatic carbocycles. The summed E-state index contributed by atoms with van der Waals surface area (Å²) in [7, 11) is 0. The first kappa shape index (κ1) is 10.1. The van der Waals surface area contributed by atoms with Gasteiger partial charge in [0.25, 0.3) is 0 Å². The Morgan fingerprint density at radius 2 is 1.82 bits per heavy atom. The Balaban J connectivity index is 3.92. The average molecular weight is 160 g/mol. The minimum atomic E-state index is -0.459. The third kappa shape index (κ3) is 3.72. The number of rotatable bonds is 3. The van der Waals surface area contributed by atoms with E-state index in [4.69, 9.17) is 4.74 Å². The Kier molecular flexibility index (Phi) is 3.74. The zero-order valence-corrected chi connectivity index (χ0v) is 7.09. The summed E-state index contributed by atoms with van der Waals surface area (Å²) < 4.78 is 4.75. The van der Waals surface area contributed by atoms with Gasteiger partial charge in [-0.05, 0) is 6.92 Å². The average Bonchev–Trinajstić information content (AvgIpc) is 1.84. The molecule has 0 bridgehead atoms. The zero-order valence-electron chi connectivity index (χ0n) is 7.09. The number of hydrogen-bond acceptors (Lipinski definition) is 3. The van der Waals surface area contributed by atoms with Crippen LogP contribution in [0.1, 0.15) is 20.8 Å². The molecular formula is C7H14NO3+. The van der Waals surface area contributed by atoms with Crippen LogP contribution in [0.2, 0.25) is 0 Å². The first-order valence-electron chi connectivity index (χ1n) is 3.46. The third-order valence-electron chi connectivity index (χ3n) is 1.44. The summed E-state index contributed by atoms with van der Waals surface area (Å²) in [5, 5.41) is 0. The molecule has 3 N–H and O–H groups in total. The van der Waals surface area contributed by atoms with Crippen molar-refractivity contribution in [3.8, 4) is 0 Å². The van der Waals surface area contributed by atoms with Crippen LogP contribution in [-0.2, 0) is 14.3 Å². The van der Waals surface area contributed by atoms with E-state index in [2.05, 4.69) is 5.73 Å². The molecule has 2 unspecified atom stereocenters. The van der Waals surface area contributed by atoms with E-state index in [1.165, 1.54) is 13.8 Å². The smallest absolute Gasteiger partial charge is 0.303 e. The van der Waals surface area contributed by atoms with Gasteiger partial charge in [0, 0.05) is 13.8 Å². The molecule has 0 rings (SSSR count). The molecule has 11 heavy (non-hydrogen) atoms. The van der Waals surface area contributed by atoms with Crippen LogP contribution in [0.3, 0.4) is 0 Å². The largest absolute Gasteiger partial charge is 0.456 e. The second-order valence-corrected chi connectivity index (χ2v) is 2.53. The van der Waals surface area contributed by atoms with Crippen molar-refractivity contribution in [2.75, 3.05) is 0 Å². The Morgan fingerprint density at radius 1 is 1.36 bits per heavy atom. The fraction of sp³-hybridized carbons (Fsp3) is 0.714. The molecule has 0 aliphatic carbocycles. The zero-order chi connectivity index (χ0) is 9.02. The number of carbonyl (C=O) groups is 2. The fourth-order valence-corrected chi connectivity index (χ4v) is 0.674. The molecule has 0 fully saturated rings. The lowest BCUT2D eigenvalue weighted by Crippen LogP contribution is -2.69. The summed E-state index contributed by atoms with van der Waals surface area (Å²) in [5.74, 6) is -0.453. The SMILES string of the molecule is CC(=O)OC(C)C([NH3+])C(C)=O. The van der Waals surface area contributed by atoms with Crippen LogP contribution in [0.5, 0.6) is 0 Å². The van der Waals surface area contributed by atoms with E-state index in [1.807, 2.05) is 0 Å². The van der Waals surface area contributed by atoms with Gasteiger partial charge in [-0.2, -0.15) is 0 Å². The highest BCUT2D eigenvalue weighted by Gasteiger charge is 2.22. The van der Waals surface area contributed by atoms with E-state index in [-0.39, 0.29) is 11.8 Å². The van der Waals surface area contributed by atoms with E-state index in [9.17, 15) is 9.59 Å². The summed E-state index contributed by atoms with van der Waals surface area (Å²) in [6.07, 6.45) is -0.426. The maximum absolute atomic E-state index is 10.7. The summed E-state index contributed by atoms with van der Waals surface area (Å²) in [6, 6.07) is -0.459. The first-order valence-corrected chi connectivity index (χ1v) is 3.46. The monoisotopic (exact) mass is 160 g/mol. The minimum Gasteiger partial charge on any atom is -0.456 e. The van der Waals surface area contributed by atoms with Crippen molar-refractivity contribution in [1.82, 2.24) is 0 Å². The van der Waals surface area contributed by atoms with Crippen LogP contribution in [0.25, 0.3) is 0 Å². The molecule has 64 valence electrons. The van der Waals surface area contributed by atoms with Crippen molar-refractivity contribution < 1.29 is 20.1 Å². The van der Waals surface area contributed by atoms with Gasteiger partial charge in [0.05, 0.1) is 0 Å². The fourth-order valence-electron chi connectivity index (χ4n) is 0.674. The lowest BCUT2D eigenvalue weighted by molar-refractivity contribution is -0.418. The minimum absolute atomic E-state index is 0.0706. The maximum Gasteiger partial charge on any atom is 0.303 e. The van der Waals surface area contributed by atoms with Gasteiger partial charge in [-0.15, -0.1) is 0 Å². The number of Topliss-reactive ketones (excluding diaryl/α,β-unsaturated/α-hetero) is 1. The molecule has 0 aromatic rings. The number of carbonyl (C=O) groups excluding carboxylic acids is 2. The van der Waals surface area contributed by atoms with Crippen molar-refractivity contribution in [3.63, 3.8) is 0 Å². The molecule has 2 atom stereocenters. The van der Waals surface area contributed by atoms with Crippen molar-refractivity contribution in [1.29, 1.82) is 0 Å². The quantitative estimate of drug-likeness (QED) is 0.546.